The van der Waals surface area contributed by atoms with E-state index in [4.69, 9.17) is 0 Å². The van der Waals surface area contributed by atoms with Crippen LogP contribution >= 0.6 is 0 Å². The van der Waals surface area contributed by atoms with Gasteiger partial charge in [0.25, 0.3) is 0 Å². The van der Waals surface area contributed by atoms with Crippen molar-refractivity contribution in [1.82, 2.24) is 4.90 Å². The molecule has 4 heteroatoms. The van der Waals surface area contributed by atoms with Crippen molar-refractivity contribution in [2.45, 2.75) is 25.7 Å². The molecule has 3 atom stereocenters. The largest absolute Gasteiger partial charge is 0.369 e. The first-order valence-corrected chi connectivity index (χ1v) is 5.20. The Morgan fingerprint density at radius 1 is 1.40 bits per heavy atom. The number of hydrogen-bond donors (Lipinski definition) is 0. The first kappa shape index (κ1) is 10.6. The van der Waals surface area contributed by atoms with E-state index in [0.29, 0.717) is 18.7 Å². The third-order valence-corrected chi connectivity index (χ3v) is 3.02. The van der Waals surface area contributed by atoms with Gasteiger partial charge in [0.1, 0.15) is 18.2 Å². The fraction of sp³-hybridized carbons (Fsp3) is 0.636. The summed E-state index contributed by atoms with van der Waals surface area (Å²) < 4.78 is 39.6. The van der Waals surface area contributed by atoms with E-state index in [9.17, 15) is 13.2 Å². The van der Waals surface area contributed by atoms with E-state index in [2.05, 4.69) is 0 Å². The van der Waals surface area contributed by atoms with Gasteiger partial charge >= 0.3 is 0 Å². The van der Waals surface area contributed by atoms with Gasteiger partial charge in [-0.15, -0.1) is 0 Å². The molecule has 84 valence electrons. The molecule has 2 unspecified atom stereocenters. The summed E-state index contributed by atoms with van der Waals surface area (Å²) in [5, 5.41) is 0. The fourth-order valence-corrected chi connectivity index (χ4v) is 1.93. The van der Waals surface area contributed by atoms with Crippen molar-refractivity contribution in [3.8, 4) is 0 Å². The van der Waals surface area contributed by atoms with E-state index >= 15 is 0 Å². The van der Waals surface area contributed by atoms with Gasteiger partial charge in [0.15, 0.2) is 0 Å². The number of hydrogen-bond acceptors (Lipinski definition) is 1. The average molecular weight is 217 g/mol. The standard InChI is InChI=1S/C11H14F3N/c1-7-10(13)4-9(5-11(7)14)15-3-2-8(12)6-15/h4-5,7-8,10H,2-3,6H2,1H3/t7?,8-,10?/m1/s1. The molecular weight excluding hydrogens is 203 g/mol. The number of halogens is 3. The maximum Gasteiger partial charge on any atom is 0.129 e. The topological polar surface area (TPSA) is 3.24 Å². The number of likely N-dealkylation sites (tertiary alicyclic amines) is 1. The van der Waals surface area contributed by atoms with Crippen LogP contribution in [0.15, 0.2) is 23.7 Å². The van der Waals surface area contributed by atoms with Crippen LogP contribution < -0.4 is 0 Å². The van der Waals surface area contributed by atoms with Crippen LogP contribution in [0.2, 0.25) is 0 Å². The molecule has 0 aromatic rings. The van der Waals surface area contributed by atoms with Gasteiger partial charge in [-0.25, -0.2) is 13.2 Å². The van der Waals surface area contributed by atoms with E-state index in [0.717, 1.165) is 0 Å². The van der Waals surface area contributed by atoms with E-state index in [1.54, 1.807) is 4.90 Å². The fourth-order valence-electron chi connectivity index (χ4n) is 1.93. The van der Waals surface area contributed by atoms with Crippen molar-refractivity contribution >= 4 is 0 Å². The van der Waals surface area contributed by atoms with Gasteiger partial charge in [-0.05, 0) is 18.6 Å². The number of rotatable bonds is 1. The zero-order valence-electron chi connectivity index (χ0n) is 8.59. The molecule has 0 aromatic carbocycles. The van der Waals surface area contributed by atoms with Crippen LogP contribution in [-0.2, 0) is 0 Å². The molecule has 1 nitrogen and oxygen atoms in total. The van der Waals surface area contributed by atoms with Gasteiger partial charge in [0.05, 0.1) is 0 Å². The summed E-state index contributed by atoms with van der Waals surface area (Å²) >= 11 is 0. The summed E-state index contributed by atoms with van der Waals surface area (Å²) in [7, 11) is 0. The second-order valence-electron chi connectivity index (χ2n) is 4.19. The Hall–Kier alpha value is -0.930. The van der Waals surface area contributed by atoms with Gasteiger partial charge < -0.3 is 4.90 Å². The Morgan fingerprint density at radius 2 is 2.13 bits per heavy atom. The molecule has 0 N–H and O–H groups in total. The smallest absolute Gasteiger partial charge is 0.129 e. The van der Waals surface area contributed by atoms with Crippen molar-refractivity contribution in [3.63, 3.8) is 0 Å². The predicted octanol–water partition coefficient (Wildman–Crippen LogP) is 2.76. The van der Waals surface area contributed by atoms with Gasteiger partial charge in [0, 0.05) is 24.7 Å². The van der Waals surface area contributed by atoms with Gasteiger partial charge in [-0.1, -0.05) is 6.92 Å². The highest BCUT2D eigenvalue weighted by atomic mass is 19.1. The van der Waals surface area contributed by atoms with E-state index < -0.39 is 24.1 Å². The minimum Gasteiger partial charge on any atom is -0.369 e. The normalized spacial score (nSPS) is 36.5. The maximum atomic E-state index is 13.4. The molecule has 1 fully saturated rings. The highest BCUT2D eigenvalue weighted by molar-refractivity contribution is 5.29. The highest BCUT2D eigenvalue weighted by Gasteiger charge is 2.29. The zero-order chi connectivity index (χ0) is 11.0. The minimum absolute atomic E-state index is 0.247. The van der Waals surface area contributed by atoms with Crippen molar-refractivity contribution in [2.24, 2.45) is 5.92 Å². The van der Waals surface area contributed by atoms with Crippen LogP contribution in [0.5, 0.6) is 0 Å². The van der Waals surface area contributed by atoms with E-state index in [-0.39, 0.29) is 6.54 Å². The molecular formula is C11H14F3N. The summed E-state index contributed by atoms with van der Waals surface area (Å²) in [4.78, 5) is 1.70. The van der Waals surface area contributed by atoms with Crippen molar-refractivity contribution in [2.75, 3.05) is 13.1 Å². The summed E-state index contributed by atoms with van der Waals surface area (Å²) in [5.74, 6) is -1.17. The molecule has 2 aliphatic rings. The molecule has 1 aliphatic carbocycles. The lowest BCUT2D eigenvalue weighted by Crippen LogP contribution is -2.25. The second-order valence-corrected chi connectivity index (χ2v) is 4.19. The average Bonchev–Trinajstić information content (AvgIpc) is 2.60. The molecule has 0 amide bonds. The second kappa shape index (κ2) is 3.91. The molecule has 1 saturated heterocycles. The summed E-state index contributed by atoms with van der Waals surface area (Å²) in [6, 6.07) is 0. The molecule has 1 heterocycles. The van der Waals surface area contributed by atoms with Crippen LogP contribution in [0.4, 0.5) is 13.2 Å². The Kier molecular flexibility index (Phi) is 2.76. The molecule has 0 bridgehead atoms. The third-order valence-electron chi connectivity index (χ3n) is 3.02. The summed E-state index contributed by atoms with van der Waals surface area (Å²) in [6.45, 7) is 2.29. The predicted molar refractivity (Wildman–Crippen MR) is 52.4 cm³/mol. The lowest BCUT2D eigenvalue weighted by atomic mass is 9.98. The molecule has 0 radical (unpaired) electrons. The lowest BCUT2D eigenvalue weighted by Gasteiger charge is -2.25. The molecule has 1 aliphatic heterocycles. The van der Waals surface area contributed by atoms with Crippen LogP contribution in [0.25, 0.3) is 0 Å². The molecule has 0 aromatic heterocycles. The van der Waals surface area contributed by atoms with E-state index in [1.807, 2.05) is 0 Å². The molecule has 15 heavy (non-hydrogen) atoms. The van der Waals surface area contributed by atoms with Crippen molar-refractivity contribution in [1.29, 1.82) is 0 Å². The van der Waals surface area contributed by atoms with Crippen LogP contribution in [-0.4, -0.2) is 30.3 Å². The molecule has 0 spiro atoms. The molecule has 2 rings (SSSR count). The monoisotopic (exact) mass is 217 g/mol. The lowest BCUT2D eigenvalue weighted by molar-refractivity contribution is 0.274. The zero-order valence-corrected chi connectivity index (χ0v) is 8.59. The maximum absolute atomic E-state index is 13.4. The van der Waals surface area contributed by atoms with Crippen LogP contribution in [0, 0.1) is 5.92 Å². The first-order chi connectivity index (χ1) is 7.08. The Bertz CT molecular complexity index is 311. The van der Waals surface area contributed by atoms with Crippen molar-refractivity contribution < 1.29 is 13.2 Å². The number of allylic oxidation sites excluding steroid dienone is 3. The summed E-state index contributed by atoms with van der Waals surface area (Å²) in [5.41, 5.74) is 0.484. The Labute approximate surface area is 87.3 Å². The van der Waals surface area contributed by atoms with Gasteiger partial charge in [-0.3, -0.25) is 0 Å². The van der Waals surface area contributed by atoms with Gasteiger partial charge in [0.2, 0.25) is 0 Å². The van der Waals surface area contributed by atoms with Gasteiger partial charge in [-0.2, -0.15) is 0 Å². The van der Waals surface area contributed by atoms with E-state index in [1.165, 1.54) is 19.1 Å². The van der Waals surface area contributed by atoms with Crippen LogP contribution in [0.3, 0.4) is 0 Å². The third kappa shape index (κ3) is 2.03. The SMILES string of the molecule is CC1C(F)=CC(N2CC[C@@H](F)C2)=CC1F. The minimum atomic E-state index is -1.30. The Balaban J connectivity index is 2.13. The highest BCUT2D eigenvalue weighted by Crippen LogP contribution is 2.30. The number of alkyl halides is 2. The van der Waals surface area contributed by atoms with Crippen molar-refractivity contribution in [3.05, 3.63) is 23.7 Å². The number of nitrogens with zero attached hydrogens (tertiary/aromatic N) is 1. The Morgan fingerprint density at radius 3 is 2.67 bits per heavy atom. The van der Waals surface area contributed by atoms with Crippen LogP contribution in [0.1, 0.15) is 13.3 Å². The first-order valence-electron chi connectivity index (χ1n) is 5.20. The summed E-state index contributed by atoms with van der Waals surface area (Å²) in [6.07, 6.45) is 0.965. The quantitative estimate of drug-likeness (QED) is 0.652. The molecule has 0 saturated carbocycles.